The topological polar surface area (TPSA) is 96.0 Å². The lowest BCUT2D eigenvalue weighted by molar-refractivity contribution is -0.140. The molecule has 8 nitrogen and oxygen atoms in total. The highest BCUT2D eigenvalue weighted by molar-refractivity contribution is 9.10. The van der Waals surface area contributed by atoms with Crippen LogP contribution >= 0.6 is 15.9 Å². The van der Waals surface area contributed by atoms with Crippen molar-refractivity contribution in [2.75, 3.05) is 30.8 Å². The molecule has 34 heavy (non-hydrogen) atoms. The number of para-hydroxylation sites is 2. The van der Waals surface area contributed by atoms with Gasteiger partial charge in [-0.25, -0.2) is 8.42 Å². The third-order valence-corrected chi connectivity index (χ3v) is 6.97. The van der Waals surface area contributed by atoms with Gasteiger partial charge >= 0.3 is 0 Å². The van der Waals surface area contributed by atoms with E-state index in [9.17, 15) is 18.0 Å². The quantitative estimate of drug-likeness (QED) is 0.433. The van der Waals surface area contributed by atoms with Crippen molar-refractivity contribution in [1.29, 1.82) is 0 Å². The number of nitrogens with zero attached hydrogens (tertiary/aromatic N) is 2. The number of anilines is 1. The maximum atomic E-state index is 13.2. The minimum atomic E-state index is -3.60. The van der Waals surface area contributed by atoms with E-state index in [0.29, 0.717) is 18.0 Å². The summed E-state index contributed by atoms with van der Waals surface area (Å²) in [5.41, 5.74) is 1.32. The van der Waals surface area contributed by atoms with Crippen molar-refractivity contribution in [2.24, 2.45) is 0 Å². The number of ether oxygens (including phenoxy) is 1. The second-order valence-electron chi connectivity index (χ2n) is 7.78. The Labute approximate surface area is 210 Å². The summed E-state index contributed by atoms with van der Waals surface area (Å²) in [7, 11) is -2.07. The molecule has 0 saturated carbocycles. The molecule has 0 fully saturated rings. The van der Waals surface area contributed by atoms with Crippen LogP contribution in [-0.4, -0.2) is 57.6 Å². The molecule has 2 aromatic carbocycles. The molecule has 186 valence electrons. The Bertz CT molecular complexity index is 1080. The largest absolute Gasteiger partial charge is 0.492 e. The molecule has 1 unspecified atom stereocenters. The minimum absolute atomic E-state index is 0.0840. The van der Waals surface area contributed by atoms with Crippen LogP contribution in [0.1, 0.15) is 32.3 Å². The number of sulfonamides is 1. The van der Waals surface area contributed by atoms with Gasteiger partial charge in [0.25, 0.3) is 0 Å². The molecule has 0 aromatic heterocycles. The van der Waals surface area contributed by atoms with Crippen molar-refractivity contribution >= 4 is 43.5 Å². The average molecular weight is 555 g/mol. The molecule has 0 heterocycles. The molecule has 0 aliphatic heterocycles. The van der Waals surface area contributed by atoms with Gasteiger partial charge in [0.2, 0.25) is 21.8 Å². The van der Waals surface area contributed by atoms with Crippen LogP contribution in [0.4, 0.5) is 5.69 Å². The number of amides is 2. The van der Waals surface area contributed by atoms with Crippen molar-refractivity contribution in [3.05, 3.63) is 58.6 Å². The third-order valence-electron chi connectivity index (χ3n) is 5.27. The molecular weight excluding hydrogens is 522 g/mol. The van der Waals surface area contributed by atoms with Gasteiger partial charge in [0.1, 0.15) is 11.8 Å². The molecule has 2 rings (SSSR count). The van der Waals surface area contributed by atoms with Gasteiger partial charge in [0.05, 0.1) is 18.6 Å². The summed E-state index contributed by atoms with van der Waals surface area (Å²) < 4.78 is 32.8. The molecule has 0 bridgehead atoms. The summed E-state index contributed by atoms with van der Waals surface area (Å²) in [6.07, 6.45) is 1.50. The fourth-order valence-corrected chi connectivity index (χ4v) is 4.73. The normalized spacial score (nSPS) is 12.0. The first-order valence-corrected chi connectivity index (χ1v) is 13.7. The number of hydrogen-bond acceptors (Lipinski definition) is 5. The summed E-state index contributed by atoms with van der Waals surface area (Å²) in [5.74, 6) is -0.0358. The molecule has 0 spiro atoms. The van der Waals surface area contributed by atoms with E-state index < -0.39 is 16.1 Å². The fraction of sp³-hybridized carbons (Fsp3) is 0.417. The Kier molecular flexibility index (Phi) is 10.4. The lowest BCUT2D eigenvalue weighted by atomic mass is 10.1. The second-order valence-corrected chi connectivity index (χ2v) is 10.6. The van der Waals surface area contributed by atoms with E-state index in [1.54, 1.807) is 31.2 Å². The molecule has 0 aliphatic rings. The molecular formula is C24H32BrN3O5S. The maximum Gasteiger partial charge on any atom is 0.242 e. The Morgan fingerprint density at radius 2 is 1.76 bits per heavy atom. The lowest BCUT2D eigenvalue weighted by Gasteiger charge is -2.29. The van der Waals surface area contributed by atoms with Crippen LogP contribution in [-0.2, 0) is 26.2 Å². The van der Waals surface area contributed by atoms with Crippen LogP contribution in [0.15, 0.2) is 53.0 Å². The van der Waals surface area contributed by atoms with Gasteiger partial charge in [-0.1, -0.05) is 40.2 Å². The highest BCUT2D eigenvalue weighted by Gasteiger charge is 2.26. The number of hydrogen-bond donors (Lipinski definition) is 1. The van der Waals surface area contributed by atoms with Crippen molar-refractivity contribution < 1.29 is 22.7 Å². The van der Waals surface area contributed by atoms with E-state index in [1.165, 1.54) is 16.3 Å². The highest BCUT2D eigenvalue weighted by atomic mass is 79.9. The first kappa shape index (κ1) is 27.7. The van der Waals surface area contributed by atoms with E-state index >= 15 is 0 Å². The Morgan fingerprint density at radius 3 is 2.35 bits per heavy atom. The molecule has 0 saturated heterocycles. The van der Waals surface area contributed by atoms with E-state index in [0.717, 1.165) is 16.3 Å². The summed E-state index contributed by atoms with van der Waals surface area (Å²) in [6.45, 7) is 4.28. The molecule has 2 aromatic rings. The summed E-state index contributed by atoms with van der Waals surface area (Å²) in [5, 5.41) is 2.59. The Hall–Kier alpha value is -2.59. The van der Waals surface area contributed by atoms with Crippen molar-refractivity contribution in [2.45, 2.75) is 39.3 Å². The fourth-order valence-electron chi connectivity index (χ4n) is 3.50. The molecule has 2 amide bonds. The summed E-state index contributed by atoms with van der Waals surface area (Å²) in [6, 6.07) is 13.8. The average Bonchev–Trinajstić information content (AvgIpc) is 2.80. The van der Waals surface area contributed by atoms with Crippen molar-refractivity contribution in [1.82, 2.24) is 10.2 Å². The Balaban J connectivity index is 2.17. The zero-order valence-corrected chi connectivity index (χ0v) is 22.4. The van der Waals surface area contributed by atoms with E-state index in [2.05, 4.69) is 21.2 Å². The van der Waals surface area contributed by atoms with Crippen LogP contribution in [0.2, 0.25) is 0 Å². The monoisotopic (exact) mass is 553 g/mol. The SMILES string of the molecule is CCOc1ccccc1N(CCCC(=O)N(Cc1ccc(Br)cc1)C(C)C(=O)NC)S(C)(=O)=O. The highest BCUT2D eigenvalue weighted by Crippen LogP contribution is 2.30. The zero-order valence-electron chi connectivity index (χ0n) is 20.0. The number of rotatable bonds is 12. The number of likely N-dealkylation sites (N-methyl/N-ethyl adjacent to an activating group) is 1. The molecule has 10 heteroatoms. The lowest BCUT2D eigenvalue weighted by Crippen LogP contribution is -2.46. The first-order chi connectivity index (χ1) is 16.1. The van der Waals surface area contributed by atoms with Crippen molar-refractivity contribution in [3.8, 4) is 5.75 Å². The maximum absolute atomic E-state index is 13.2. The van der Waals surface area contributed by atoms with Gasteiger partial charge in [-0.15, -0.1) is 0 Å². The second kappa shape index (κ2) is 12.8. The predicted octanol–water partition coefficient (Wildman–Crippen LogP) is 3.56. The van der Waals surface area contributed by atoms with Crippen LogP contribution in [0.25, 0.3) is 0 Å². The van der Waals surface area contributed by atoms with Gasteiger partial charge in [0, 0.05) is 31.0 Å². The first-order valence-electron chi connectivity index (χ1n) is 11.0. The van der Waals surface area contributed by atoms with E-state index in [-0.39, 0.29) is 37.7 Å². The number of benzene rings is 2. The number of nitrogens with one attached hydrogen (secondary N) is 1. The standard InChI is InChI=1S/C24H32BrN3O5S/c1-5-33-22-10-7-6-9-21(22)28(34(4,31)32)16-8-11-23(29)27(18(2)24(30)26-3)17-19-12-14-20(25)15-13-19/h6-7,9-10,12-15,18H,5,8,11,16-17H2,1-4H3,(H,26,30). The Morgan fingerprint density at radius 1 is 1.12 bits per heavy atom. The number of carbonyl (C=O) groups is 2. The molecule has 0 radical (unpaired) electrons. The van der Waals surface area contributed by atoms with E-state index in [4.69, 9.17) is 4.74 Å². The van der Waals surface area contributed by atoms with Gasteiger partial charge < -0.3 is 15.0 Å². The number of carbonyl (C=O) groups excluding carboxylic acids is 2. The van der Waals surface area contributed by atoms with Crippen LogP contribution in [0.5, 0.6) is 5.75 Å². The van der Waals surface area contributed by atoms with Crippen LogP contribution in [0.3, 0.4) is 0 Å². The van der Waals surface area contributed by atoms with E-state index in [1.807, 2.05) is 31.2 Å². The molecule has 1 atom stereocenters. The number of halogens is 1. The molecule has 1 N–H and O–H groups in total. The van der Waals surface area contributed by atoms with Crippen LogP contribution in [0, 0.1) is 0 Å². The smallest absolute Gasteiger partial charge is 0.242 e. The summed E-state index contributed by atoms with van der Waals surface area (Å²) >= 11 is 3.39. The molecule has 0 aliphatic carbocycles. The van der Waals surface area contributed by atoms with Gasteiger partial charge in [-0.2, -0.15) is 0 Å². The summed E-state index contributed by atoms with van der Waals surface area (Å²) in [4.78, 5) is 27.0. The van der Waals surface area contributed by atoms with Crippen LogP contribution < -0.4 is 14.4 Å². The van der Waals surface area contributed by atoms with Crippen molar-refractivity contribution in [3.63, 3.8) is 0 Å². The minimum Gasteiger partial charge on any atom is -0.492 e. The zero-order chi connectivity index (χ0) is 25.3. The van der Waals surface area contributed by atoms with Gasteiger partial charge in [-0.05, 0) is 50.1 Å². The third kappa shape index (κ3) is 7.73. The predicted molar refractivity (Wildman–Crippen MR) is 137 cm³/mol. The van der Waals surface area contributed by atoms with Gasteiger partial charge in [0.15, 0.2) is 0 Å². The van der Waals surface area contributed by atoms with Gasteiger partial charge in [-0.3, -0.25) is 13.9 Å².